The Kier molecular flexibility index (Phi) is 4.69. The third-order valence-corrected chi connectivity index (χ3v) is 7.44. The average Bonchev–Trinajstić information content (AvgIpc) is 3.56. The van der Waals surface area contributed by atoms with Crippen LogP contribution in [0, 0.1) is 0 Å². The lowest BCUT2D eigenvalue weighted by atomic mass is 10.1. The van der Waals surface area contributed by atoms with Crippen LogP contribution in [0.1, 0.15) is 24.7 Å². The maximum Gasteiger partial charge on any atom is 0.262 e. The van der Waals surface area contributed by atoms with Crippen LogP contribution in [0.15, 0.2) is 74.7 Å². The number of fused-ring (bicyclic) bond motifs is 2. The van der Waals surface area contributed by atoms with Gasteiger partial charge in [0.1, 0.15) is 10.7 Å². The molecule has 0 radical (unpaired) electrons. The Hall–Kier alpha value is -3.23. The molecular weight excluding hydrogens is 440 g/mol. The van der Waals surface area contributed by atoms with Crippen LogP contribution in [0.3, 0.4) is 0 Å². The molecule has 0 saturated heterocycles. The van der Waals surface area contributed by atoms with E-state index in [0.717, 1.165) is 24.0 Å². The van der Waals surface area contributed by atoms with E-state index in [4.69, 9.17) is 9.97 Å². The van der Waals surface area contributed by atoms with Crippen LogP contribution in [-0.2, 0) is 5.75 Å². The van der Waals surface area contributed by atoms with Crippen molar-refractivity contribution >= 4 is 44.2 Å². The highest BCUT2D eigenvalue weighted by Gasteiger charge is 2.28. The van der Waals surface area contributed by atoms with Crippen LogP contribution in [0.2, 0.25) is 0 Å². The van der Waals surface area contributed by atoms with Crippen LogP contribution >= 0.6 is 23.1 Å². The number of thioether (sulfide) groups is 1. The summed E-state index contributed by atoms with van der Waals surface area (Å²) >= 11 is 2.91. The van der Waals surface area contributed by atoms with Gasteiger partial charge in [0.25, 0.3) is 11.1 Å². The molecule has 1 N–H and O–H groups in total. The molecule has 2 aromatic carbocycles. The smallest absolute Gasteiger partial charge is 0.262 e. The van der Waals surface area contributed by atoms with Gasteiger partial charge in [-0.25, -0.2) is 9.97 Å². The number of aromatic amines is 1. The SMILES string of the molecule is O=c1[nH]c(CSc2nc3ccccc3c(=O)n2C2CC2)nc2scc(-c3ccccc3)c12. The summed E-state index contributed by atoms with van der Waals surface area (Å²) in [5, 5.41) is 3.92. The van der Waals surface area contributed by atoms with Gasteiger partial charge in [0.2, 0.25) is 0 Å². The number of nitrogens with one attached hydrogen (secondary N) is 1. The summed E-state index contributed by atoms with van der Waals surface area (Å²) in [7, 11) is 0. The van der Waals surface area contributed by atoms with Gasteiger partial charge in [0.15, 0.2) is 5.16 Å². The predicted octanol–water partition coefficient (Wildman–Crippen LogP) is 4.99. The molecule has 1 aliphatic rings. The number of aromatic nitrogens is 4. The van der Waals surface area contributed by atoms with Crippen LogP contribution in [0.4, 0.5) is 0 Å². The Morgan fingerprint density at radius 3 is 2.62 bits per heavy atom. The standard InChI is InChI=1S/C24H18N4O2S2/c29-21-20-17(14-6-2-1-3-7-14)12-31-22(20)27-19(26-21)13-32-24-25-18-9-5-4-8-16(18)23(30)28(24)15-10-11-15/h1-9,12,15H,10-11,13H2,(H,26,27,29). The van der Waals surface area contributed by atoms with E-state index in [-0.39, 0.29) is 17.2 Å². The van der Waals surface area contributed by atoms with E-state index >= 15 is 0 Å². The summed E-state index contributed by atoms with van der Waals surface area (Å²) in [6, 6.07) is 17.5. The first kappa shape index (κ1) is 19.5. The fourth-order valence-corrected chi connectivity index (χ4v) is 5.81. The second-order valence-corrected chi connectivity index (χ2v) is 9.62. The highest BCUT2D eigenvalue weighted by Crippen LogP contribution is 2.37. The van der Waals surface area contributed by atoms with E-state index in [1.165, 1.54) is 23.1 Å². The minimum atomic E-state index is -0.142. The first-order valence-corrected chi connectivity index (χ1v) is 12.3. The van der Waals surface area contributed by atoms with Crippen LogP contribution in [0.25, 0.3) is 32.2 Å². The van der Waals surface area contributed by atoms with Crippen molar-refractivity contribution in [3.05, 3.63) is 86.5 Å². The first-order chi connectivity index (χ1) is 15.7. The Balaban J connectivity index is 1.36. The molecule has 8 heteroatoms. The molecule has 0 spiro atoms. The molecule has 0 aliphatic heterocycles. The normalized spacial score (nSPS) is 13.8. The molecule has 0 bridgehead atoms. The molecule has 0 unspecified atom stereocenters. The minimum absolute atomic E-state index is 0.00302. The van der Waals surface area contributed by atoms with Crippen molar-refractivity contribution in [2.24, 2.45) is 0 Å². The molecule has 6 rings (SSSR count). The van der Waals surface area contributed by atoms with Gasteiger partial charge >= 0.3 is 0 Å². The number of para-hydroxylation sites is 1. The third kappa shape index (κ3) is 3.36. The second kappa shape index (κ2) is 7.72. The van der Waals surface area contributed by atoms with E-state index in [9.17, 15) is 9.59 Å². The van der Waals surface area contributed by atoms with E-state index in [2.05, 4.69) is 4.98 Å². The van der Waals surface area contributed by atoms with Gasteiger partial charge in [-0.15, -0.1) is 11.3 Å². The summed E-state index contributed by atoms with van der Waals surface area (Å²) in [6.45, 7) is 0. The number of hydrogen-bond donors (Lipinski definition) is 1. The summed E-state index contributed by atoms with van der Waals surface area (Å²) in [5.41, 5.74) is 2.46. The van der Waals surface area contributed by atoms with E-state index in [1.54, 1.807) is 0 Å². The molecule has 1 aliphatic carbocycles. The molecule has 6 nitrogen and oxygen atoms in total. The van der Waals surface area contributed by atoms with Gasteiger partial charge in [-0.2, -0.15) is 0 Å². The molecule has 3 heterocycles. The summed E-state index contributed by atoms with van der Waals surface area (Å²) in [6.07, 6.45) is 1.98. The third-order valence-electron chi connectivity index (χ3n) is 5.60. The number of nitrogens with zero attached hydrogens (tertiary/aromatic N) is 3. The molecule has 1 fully saturated rings. The number of benzene rings is 2. The van der Waals surface area contributed by atoms with E-state index < -0.39 is 0 Å². The zero-order valence-corrected chi connectivity index (χ0v) is 18.6. The lowest BCUT2D eigenvalue weighted by Crippen LogP contribution is -2.22. The van der Waals surface area contributed by atoms with Crippen molar-refractivity contribution < 1.29 is 0 Å². The van der Waals surface area contributed by atoms with Crippen LogP contribution in [-0.4, -0.2) is 19.5 Å². The van der Waals surface area contributed by atoms with Gasteiger partial charge in [0.05, 0.1) is 22.0 Å². The van der Waals surface area contributed by atoms with Crippen molar-refractivity contribution in [2.75, 3.05) is 0 Å². The summed E-state index contributed by atoms with van der Waals surface area (Å²) in [4.78, 5) is 39.1. The Morgan fingerprint density at radius 1 is 1.03 bits per heavy atom. The Labute approximate surface area is 191 Å². The first-order valence-electron chi connectivity index (χ1n) is 10.4. The quantitative estimate of drug-likeness (QED) is 0.296. The number of H-pyrrole nitrogens is 1. The molecule has 1 saturated carbocycles. The van der Waals surface area contributed by atoms with Gasteiger partial charge in [-0.05, 0) is 30.5 Å². The van der Waals surface area contributed by atoms with Gasteiger partial charge in [-0.1, -0.05) is 54.2 Å². The zero-order chi connectivity index (χ0) is 21.7. The molecule has 0 atom stereocenters. The zero-order valence-electron chi connectivity index (χ0n) is 16.9. The fraction of sp³-hybridized carbons (Fsp3) is 0.167. The lowest BCUT2D eigenvalue weighted by Gasteiger charge is -2.12. The monoisotopic (exact) mass is 458 g/mol. The van der Waals surface area contributed by atoms with Gasteiger partial charge in [-0.3, -0.25) is 14.2 Å². The molecule has 3 aromatic heterocycles. The van der Waals surface area contributed by atoms with Crippen molar-refractivity contribution in [3.63, 3.8) is 0 Å². The van der Waals surface area contributed by atoms with Crippen molar-refractivity contribution in [1.82, 2.24) is 19.5 Å². The lowest BCUT2D eigenvalue weighted by molar-refractivity contribution is 0.617. The van der Waals surface area contributed by atoms with Crippen LogP contribution < -0.4 is 11.1 Å². The minimum Gasteiger partial charge on any atom is -0.309 e. The van der Waals surface area contributed by atoms with Gasteiger partial charge < -0.3 is 4.98 Å². The number of thiophene rings is 1. The fourth-order valence-electron chi connectivity index (χ4n) is 3.91. The van der Waals surface area contributed by atoms with Crippen molar-refractivity contribution in [3.8, 4) is 11.1 Å². The molecule has 158 valence electrons. The Morgan fingerprint density at radius 2 is 1.81 bits per heavy atom. The molecule has 5 aromatic rings. The molecular formula is C24H18N4O2S2. The Bertz CT molecular complexity index is 1580. The highest BCUT2D eigenvalue weighted by atomic mass is 32.2. The van der Waals surface area contributed by atoms with Crippen molar-refractivity contribution in [2.45, 2.75) is 29.8 Å². The van der Waals surface area contributed by atoms with Crippen molar-refractivity contribution in [1.29, 1.82) is 0 Å². The summed E-state index contributed by atoms with van der Waals surface area (Å²) in [5.74, 6) is 1.01. The molecule has 0 amide bonds. The second-order valence-electron chi connectivity index (χ2n) is 7.81. The average molecular weight is 459 g/mol. The van der Waals surface area contributed by atoms with E-state index in [1.807, 2.05) is 64.5 Å². The maximum absolute atomic E-state index is 13.0. The predicted molar refractivity (Wildman–Crippen MR) is 130 cm³/mol. The number of hydrogen-bond acceptors (Lipinski definition) is 6. The number of rotatable bonds is 5. The van der Waals surface area contributed by atoms with Gasteiger partial charge in [0, 0.05) is 17.0 Å². The maximum atomic E-state index is 13.0. The largest absolute Gasteiger partial charge is 0.309 e. The molecule has 32 heavy (non-hydrogen) atoms. The van der Waals surface area contributed by atoms with Crippen LogP contribution in [0.5, 0.6) is 0 Å². The van der Waals surface area contributed by atoms with E-state index in [0.29, 0.717) is 37.9 Å². The summed E-state index contributed by atoms with van der Waals surface area (Å²) < 4.78 is 1.81. The topological polar surface area (TPSA) is 80.6 Å². The highest BCUT2D eigenvalue weighted by molar-refractivity contribution is 7.98.